The molecule has 0 spiro atoms. The normalized spacial score (nSPS) is 37.1. The summed E-state index contributed by atoms with van der Waals surface area (Å²) < 4.78 is 0. The molecule has 2 aliphatic rings. The van der Waals surface area contributed by atoms with Gasteiger partial charge < -0.3 is 5.32 Å². The van der Waals surface area contributed by atoms with Gasteiger partial charge in [-0.25, -0.2) is 0 Å². The van der Waals surface area contributed by atoms with E-state index in [9.17, 15) is 0 Å². The fraction of sp³-hybridized carbons (Fsp3) is 1.00. The Morgan fingerprint density at radius 1 is 1.27 bits per heavy atom. The molecule has 0 bridgehead atoms. The van der Waals surface area contributed by atoms with E-state index in [1.807, 2.05) is 0 Å². The summed E-state index contributed by atoms with van der Waals surface area (Å²) in [4.78, 5) is 0. The zero-order valence-corrected chi connectivity index (χ0v) is 7.69. The van der Waals surface area contributed by atoms with Crippen molar-refractivity contribution >= 4 is 0 Å². The van der Waals surface area contributed by atoms with Crippen LogP contribution in [0.15, 0.2) is 0 Å². The molecule has 1 unspecified atom stereocenters. The molecule has 1 aliphatic carbocycles. The highest BCUT2D eigenvalue weighted by atomic mass is 14.9. The van der Waals surface area contributed by atoms with Crippen LogP contribution in [-0.2, 0) is 0 Å². The molecule has 1 atom stereocenters. The predicted octanol–water partition coefficient (Wildman–Crippen LogP) is 2.17. The molecular weight excluding hydrogens is 134 g/mol. The SMILES string of the molecule is CC1(C)CC(C2CCCN2)C1. The minimum absolute atomic E-state index is 0.662. The second-order valence-electron chi connectivity index (χ2n) is 5.04. The Hall–Kier alpha value is -0.0400. The van der Waals surface area contributed by atoms with Gasteiger partial charge in [-0.1, -0.05) is 13.8 Å². The molecule has 0 radical (unpaired) electrons. The van der Waals surface area contributed by atoms with Crippen LogP contribution >= 0.6 is 0 Å². The van der Waals surface area contributed by atoms with Crippen LogP contribution in [0, 0.1) is 11.3 Å². The first-order valence-corrected chi connectivity index (χ1v) is 4.91. The molecule has 2 rings (SSSR count). The fourth-order valence-electron chi connectivity index (χ4n) is 2.76. The van der Waals surface area contributed by atoms with E-state index in [0.717, 1.165) is 12.0 Å². The van der Waals surface area contributed by atoms with Crippen molar-refractivity contribution in [2.75, 3.05) is 6.54 Å². The predicted molar refractivity (Wildman–Crippen MR) is 47.5 cm³/mol. The second-order valence-corrected chi connectivity index (χ2v) is 5.04. The van der Waals surface area contributed by atoms with Crippen LogP contribution in [-0.4, -0.2) is 12.6 Å². The summed E-state index contributed by atoms with van der Waals surface area (Å²) in [5.74, 6) is 1.01. The van der Waals surface area contributed by atoms with Gasteiger partial charge in [0.1, 0.15) is 0 Å². The largest absolute Gasteiger partial charge is 0.314 e. The first-order chi connectivity index (χ1) is 5.17. The van der Waals surface area contributed by atoms with E-state index in [1.54, 1.807) is 0 Å². The van der Waals surface area contributed by atoms with Crippen LogP contribution in [0.5, 0.6) is 0 Å². The molecule has 1 heterocycles. The molecule has 1 N–H and O–H groups in total. The average molecular weight is 153 g/mol. The summed E-state index contributed by atoms with van der Waals surface area (Å²) in [6.45, 7) is 6.04. The van der Waals surface area contributed by atoms with Gasteiger partial charge in [-0.15, -0.1) is 0 Å². The molecule has 0 amide bonds. The molecule has 0 aromatic rings. The Balaban J connectivity index is 1.81. The van der Waals surface area contributed by atoms with Gasteiger partial charge in [0.2, 0.25) is 0 Å². The molecule has 64 valence electrons. The molecule has 1 saturated carbocycles. The van der Waals surface area contributed by atoms with Gasteiger partial charge in [-0.3, -0.25) is 0 Å². The highest BCUT2D eigenvalue weighted by Gasteiger charge is 2.40. The minimum atomic E-state index is 0.662. The Morgan fingerprint density at radius 3 is 2.45 bits per heavy atom. The molecule has 1 saturated heterocycles. The smallest absolute Gasteiger partial charge is 0.00961 e. The van der Waals surface area contributed by atoms with Crippen molar-refractivity contribution in [1.29, 1.82) is 0 Å². The Kier molecular flexibility index (Phi) is 1.71. The van der Waals surface area contributed by atoms with Gasteiger partial charge in [-0.2, -0.15) is 0 Å². The number of rotatable bonds is 1. The summed E-state index contributed by atoms with van der Waals surface area (Å²) in [5.41, 5.74) is 0.662. The number of nitrogens with one attached hydrogen (secondary N) is 1. The van der Waals surface area contributed by atoms with Crippen molar-refractivity contribution in [3.8, 4) is 0 Å². The maximum atomic E-state index is 3.60. The standard InChI is InChI=1S/C10H19N/c1-10(2)6-8(7-10)9-4-3-5-11-9/h8-9,11H,3-7H2,1-2H3. The van der Waals surface area contributed by atoms with Gasteiger partial charge in [0.05, 0.1) is 0 Å². The molecule has 0 aromatic heterocycles. The quantitative estimate of drug-likeness (QED) is 0.609. The number of hydrogen-bond donors (Lipinski definition) is 1. The van der Waals surface area contributed by atoms with Gasteiger partial charge >= 0.3 is 0 Å². The molecule has 11 heavy (non-hydrogen) atoms. The van der Waals surface area contributed by atoms with E-state index in [0.29, 0.717) is 5.41 Å². The zero-order chi connectivity index (χ0) is 7.90. The van der Waals surface area contributed by atoms with Gasteiger partial charge in [0.15, 0.2) is 0 Å². The monoisotopic (exact) mass is 153 g/mol. The first-order valence-electron chi connectivity index (χ1n) is 4.91. The van der Waals surface area contributed by atoms with Crippen LogP contribution in [0.1, 0.15) is 39.5 Å². The van der Waals surface area contributed by atoms with Crippen molar-refractivity contribution in [2.24, 2.45) is 11.3 Å². The summed E-state index contributed by atoms with van der Waals surface area (Å²) in [7, 11) is 0. The van der Waals surface area contributed by atoms with Gasteiger partial charge in [-0.05, 0) is 43.6 Å². The third kappa shape index (κ3) is 1.44. The molecule has 0 aromatic carbocycles. The molecule has 2 fully saturated rings. The van der Waals surface area contributed by atoms with Crippen LogP contribution in [0.25, 0.3) is 0 Å². The summed E-state index contributed by atoms with van der Waals surface area (Å²) in [6.07, 6.45) is 5.73. The lowest BCUT2D eigenvalue weighted by Crippen LogP contribution is -2.43. The third-order valence-corrected chi connectivity index (χ3v) is 3.30. The van der Waals surface area contributed by atoms with Crippen molar-refractivity contribution < 1.29 is 0 Å². The Labute approximate surface area is 69.6 Å². The molecule has 1 aliphatic heterocycles. The lowest BCUT2D eigenvalue weighted by molar-refractivity contribution is 0.0703. The summed E-state index contributed by atoms with van der Waals surface area (Å²) >= 11 is 0. The minimum Gasteiger partial charge on any atom is -0.314 e. The van der Waals surface area contributed by atoms with E-state index >= 15 is 0 Å². The van der Waals surface area contributed by atoms with Crippen LogP contribution in [0.3, 0.4) is 0 Å². The van der Waals surface area contributed by atoms with E-state index in [-0.39, 0.29) is 0 Å². The lowest BCUT2D eigenvalue weighted by atomic mass is 9.62. The second kappa shape index (κ2) is 2.48. The maximum Gasteiger partial charge on any atom is 0.00961 e. The average Bonchev–Trinajstić information content (AvgIpc) is 2.32. The van der Waals surface area contributed by atoms with E-state index in [2.05, 4.69) is 19.2 Å². The van der Waals surface area contributed by atoms with Crippen LogP contribution < -0.4 is 5.32 Å². The fourth-order valence-corrected chi connectivity index (χ4v) is 2.76. The molecule has 1 nitrogen and oxygen atoms in total. The van der Waals surface area contributed by atoms with Crippen molar-refractivity contribution in [1.82, 2.24) is 5.32 Å². The highest BCUT2D eigenvalue weighted by Crippen LogP contribution is 2.47. The highest BCUT2D eigenvalue weighted by molar-refractivity contribution is 4.94. The van der Waals surface area contributed by atoms with E-state index in [1.165, 1.54) is 32.2 Å². The molecule has 1 heteroatoms. The zero-order valence-electron chi connectivity index (χ0n) is 7.69. The first kappa shape index (κ1) is 7.60. The summed E-state index contributed by atoms with van der Waals surface area (Å²) in [6, 6.07) is 0.878. The third-order valence-electron chi connectivity index (χ3n) is 3.30. The van der Waals surface area contributed by atoms with Crippen molar-refractivity contribution in [3.05, 3.63) is 0 Å². The topological polar surface area (TPSA) is 12.0 Å². The van der Waals surface area contributed by atoms with Crippen molar-refractivity contribution in [2.45, 2.75) is 45.6 Å². The van der Waals surface area contributed by atoms with Crippen LogP contribution in [0.2, 0.25) is 0 Å². The lowest BCUT2D eigenvalue weighted by Gasteiger charge is -2.45. The van der Waals surface area contributed by atoms with Gasteiger partial charge in [0, 0.05) is 6.04 Å². The Morgan fingerprint density at radius 2 is 2.00 bits per heavy atom. The number of hydrogen-bond acceptors (Lipinski definition) is 1. The Bertz CT molecular complexity index is 137. The van der Waals surface area contributed by atoms with E-state index in [4.69, 9.17) is 0 Å². The summed E-state index contributed by atoms with van der Waals surface area (Å²) in [5, 5.41) is 3.60. The van der Waals surface area contributed by atoms with Crippen LogP contribution in [0.4, 0.5) is 0 Å². The van der Waals surface area contributed by atoms with E-state index < -0.39 is 0 Å². The molecular formula is C10H19N. The van der Waals surface area contributed by atoms with Crippen molar-refractivity contribution in [3.63, 3.8) is 0 Å². The maximum absolute atomic E-state index is 3.60. The van der Waals surface area contributed by atoms with Gasteiger partial charge in [0.25, 0.3) is 0 Å².